The fourth-order valence-electron chi connectivity index (χ4n) is 2.13. The zero-order valence-corrected chi connectivity index (χ0v) is 11.7. The van der Waals surface area contributed by atoms with Crippen molar-refractivity contribution in [1.82, 2.24) is 5.32 Å². The second-order valence-electron chi connectivity index (χ2n) is 4.55. The lowest BCUT2D eigenvalue weighted by Gasteiger charge is -2.27. The Bertz CT molecular complexity index is 139. The van der Waals surface area contributed by atoms with Gasteiger partial charge in [-0.1, -0.05) is 47.0 Å². The van der Waals surface area contributed by atoms with Crippen molar-refractivity contribution >= 4 is 0 Å². The molecule has 0 aromatic heterocycles. The Morgan fingerprint density at radius 3 is 2.31 bits per heavy atom. The van der Waals surface area contributed by atoms with Crippen molar-refractivity contribution in [1.29, 1.82) is 0 Å². The van der Waals surface area contributed by atoms with Crippen LogP contribution in [-0.4, -0.2) is 25.8 Å². The highest BCUT2D eigenvalue weighted by Crippen LogP contribution is 2.17. The van der Waals surface area contributed by atoms with Crippen LogP contribution in [0.5, 0.6) is 0 Å². The topological polar surface area (TPSA) is 21.3 Å². The summed E-state index contributed by atoms with van der Waals surface area (Å²) in [5.41, 5.74) is 0. The Balaban J connectivity index is 4.00. The van der Waals surface area contributed by atoms with Gasteiger partial charge in [0.25, 0.3) is 0 Å². The van der Waals surface area contributed by atoms with Gasteiger partial charge in [-0.2, -0.15) is 0 Å². The molecule has 0 heterocycles. The third kappa shape index (κ3) is 7.24. The first kappa shape index (κ1) is 15.9. The van der Waals surface area contributed by atoms with Gasteiger partial charge < -0.3 is 10.1 Å². The first-order valence-electron chi connectivity index (χ1n) is 7.11. The van der Waals surface area contributed by atoms with Crippen LogP contribution < -0.4 is 5.32 Å². The van der Waals surface area contributed by atoms with Crippen LogP contribution in [0.15, 0.2) is 0 Å². The maximum atomic E-state index is 5.70. The molecule has 0 fully saturated rings. The molecular formula is C14H31NO. The fourth-order valence-corrected chi connectivity index (χ4v) is 2.13. The van der Waals surface area contributed by atoms with E-state index in [0.29, 0.717) is 6.04 Å². The van der Waals surface area contributed by atoms with Gasteiger partial charge in [-0.3, -0.25) is 0 Å². The summed E-state index contributed by atoms with van der Waals surface area (Å²) in [6.07, 6.45) is 6.34. The predicted octanol–water partition coefficient (Wildman–Crippen LogP) is 3.61. The summed E-state index contributed by atoms with van der Waals surface area (Å²) < 4.78 is 5.70. The molecule has 2 nitrogen and oxygen atoms in total. The van der Waals surface area contributed by atoms with Gasteiger partial charge in [0.15, 0.2) is 0 Å². The largest absolute Gasteiger partial charge is 0.380 e. The van der Waals surface area contributed by atoms with E-state index in [2.05, 4.69) is 33.0 Å². The van der Waals surface area contributed by atoms with Crippen LogP contribution in [0, 0.1) is 5.92 Å². The van der Waals surface area contributed by atoms with Crippen LogP contribution in [0.1, 0.15) is 59.8 Å². The second kappa shape index (κ2) is 11.4. The van der Waals surface area contributed by atoms with Crippen LogP contribution in [0.3, 0.4) is 0 Å². The summed E-state index contributed by atoms with van der Waals surface area (Å²) >= 11 is 0. The SMILES string of the molecule is CCCCC(CC)C(COCCC)NCC. The third-order valence-corrected chi connectivity index (χ3v) is 3.13. The summed E-state index contributed by atoms with van der Waals surface area (Å²) in [5, 5.41) is 3.58. The van der Waals surface area contributed by atoms with Gasteiger partial charge in [0.2, 0.25) is 0 Å². The van der Waals surface area contributed by atoms with E-state index in [9.17, 15) is 0 Å². The lowest BCUT2D eigenvalue weighted by molar-refractivity contribution is 0.0905. The molecule has 0 aliphatic carbocycles. The second-order valence-corrected chi connectivity index (χ2v) is 4.55. The van der Waals surface area contributed by atoms with Crippen molar-refractivity contribution in [2.45, 2.75) is 65.8 Å². The van der Waals surface area contributed by atoms with E-state index in [1.54, 1.807) is 0 Å². The highest BCUT2D eigenvalue weighted by molar-refractivity contribution is 4.75. The summed E-state index contributed by atoms with van der Waals surface area (Å²) in [4.78, 5) is 0. The van der Waals surface area contributed by atoms with E-state index in [-0.39, 0.29) is 0 Å². The lowest BCUT2D eigenvalue weighted by Crippen LogP contribution is -2.40. The van der Waals surface area contributed by atoms with Crippen molar-refractivity contribution in [3.8, 4) is 0 Å². The van der Waals surface area contributed by atoms with E-state index in [0.717, 1.165) is 32.1 Å². The van der Waals surface area contributed by atoms with Crippen LogP contribution in [0.25, 0.3) is 0 Å². The number of rotatable bonds is 11. The van der Waals surface area contributed by atoms with Crippen LogP contribution in [0.2, 0.25) is 0 Å². The van der Waals surface area contributed by atoms with Gasteiger partial charge in [-0.05, 0) is 25.3 Å². The Morgan fingerprint density at radius 2 is 1.81 bits per heavy atom. The molecule has 2 heteroatoms. The quantitative estimate of drug-likeness (QED) is 0.547. The molecule has 98 valence electrons. The van der Waals surface area contributed by atoms with Crippen molar-refractivity contribution in [2.75, 3.05) is 19.8 Å². The minimum Gasteiger partial charge on any atom is -0.380 e. The molecule has 0 spiro atoms. The molecule has 0 rings (SSSR count). The minimum atomic E-state index is 0.549. The molecule has 0 aromatic rings. The first-order chi connectivity index (χ1) is 7.79. The maximum Gasteiger partial charge on any atom is 0.0622 e. The molecule has 2 atom stereocenters. The molecule has 0 aromatic carbocycles. The molecular weight excluding hydrogens is 198 g/mol. The average Bonchev–Trinajstić information content (AvgIpc) is 2.30. The lowest BCUT2D eigenvalue weighted by atomic mass is 9.91. The molecule has 2 unspecified atom stereocenters. The highest BCUT2D eigenvalue weighted by Gasteiger charge is 2.18. The van der Waals surface area contributed by atoms with Crippen molar-refractivity contribution in [2.24, 2.45) is 5.92 Å². The number of ether oxygens (including phenoxy) is 1. The fraction of sp³-hybridized carbons (Fsp3) is 1.00. The standard InChI is InChI=1S/C14H31NO/c1-5-9-10-13(7-3)14(15-8-4)12-16-11-6-2/h13-15H,5-12H2,1-4H3. The molecule has 1 N–H and O–H groups in total. The van der Waals surface area contributed by atoms with Crippen LogP contribution >= 0.6 is 0 Å². The van der Waals surface area contributed by atoms with E-state index in [1.807, 2.05) is 0 Å². The summed E-state index contributed by atoms with van der Waals surface area (Å²) in [6.45, 7) is 11.7. The van der Waals surface area contributed by atoms with Crippen LogP contribution in [0.4, 0.5) is 0 Å². The number of hydrogen-bond donors (Lipinski definition) is 1. The number of nitrogens with one attached hydrogen (secondary N) is 1. The monoisotopic (exact) mass is 229 g/mol. The maximum absolute atomic E-state index is 5.70. The Morgan fingerprint density at radius 1 is 1.06 bits per heavy atom. The van der Waals surface area contributed by atoms with Crippen molar-refractivity contribution in [3.63, 3.8) is 0 Å². The zero-order valence-electron chi connectivity index (χ0n) is 11.7. The van der Waals surface area contributed by atoms with Gasteiger partial charge in [0.05, 0.1) is 6.61 Å². The van der Waals surface area contributed by atoms with E-state index in [4.69, 9.17) is 4.74 Å². The van der Waals surface area contributed by atoms with E-state index < -0.39 is 0 Å². The molecule has 0 aliphatic rings. The minimum absolute atomic E-state index is 0.549. The highest BCUT2D eigenvalue weighted by atomic mass is 16.5. The van der Waals surface area contributed by atoms with Crippen molar-refractivity contribution in [3.05, 3.63) is 0 Å². The van der Waals surface area contributed by atoms with Crippen LogP contribution in [-0.2, 0) is 4.74 Å². The first-order valence-corrected chi connectivity index (χ1v) is 7.11. The molecule has 0 aliphatic heterocycles. The van der Waals surface area contributed by atoms with Crippen molar-refractivity contribution < 1.29 is 4.74 Å². The number of hydrogen-bond acceptors (Lipinski definition) is 2. The summed E-state index contributed by atoms with van der Waals surface area (Å²) in [6, 6.07) is 0.549. The Hall–Kier alpha value is -0.0800. The Labute approximate surface area is 102 Å². The third-order valence-electron chi connectivity index (χ3n) is 3.13. The normalized spacial score (nSPS) is 15.0. The average molecular weight is 229 g/mol. The Kier molecular flexibility index (Phi) is 11.3. The van der Waals surface area contributed by atoms with Gasteiger partial charge in [-0.15, -0.1) is 0 Å². The zero-order chi connectivity index (χ0) is 12.2. The molecule has 0 saturated heterocycles. The van der Waals surface area contributed by atoms with E-state index in [1.165, 1.54) is 25.7 Å². The molecule has 0 amide bonds. The van der Waals surface area contributed by atoms with Gasteiger partial charge in [-0.25, -0.2) is 0 Å². The molecule has 0 radical (unpaired) electrons. The smallest absolute Gasteiger partial charge is 0.0622 e. The molecule has 0 saturated carbocycles. The predicted molar refractivity (Wildman–Crippen MR) is 71.9 cm³/mol. The summed E-state index contributed by atoms with van der Waals surface area (Å²) in [7, 11) is 0. The number of likely N-dealkylation sites (N-methyl/N-ethyl adjacent to an activating group) is 1. The van der Waals surface area contributed by atoms with Gasteiger partial charge in [0, 0.05) is 12.6 Å². The number of unbranched alkanes of at least 4 members (excludes halogenated alkanes) is 1. The summed E-state index contributed by atoms with van der Waals surface area (Å²) in [5.74, 6) is 0.775. The van der Waals surface area contributed by atoms with E-state index >= 15 is 0 Å². The molecule has 16 heavy (non-hydrogen) atoms. The molecule has 0 bridgehead atoms. The van der Waals surface area contributed by atoms with Gasteiger partial charge >= 0.3 is 0 Å². The van der Waals surface area contributed by atoms with Gasteiger partial charge in [0.1, 0.15) is 0 Å².